The van der Waals surface area contributed by atoms with Crippen LogP contribution in [-0.4, -0.2) is 22.2 Å². The predicted molar refractivity (Wildman–Crippen MR) is 75.2 cm³/mol. The Bertz CT molecular complexity index is 509. The molecule has 102 valence electrons. The van der Waals surface area contributed by atoms with Gasteiger partial charge in [0.15, 0.2) is 5.58 Å². The van der Waals surface area contributed by atoms with Crippen LogP contribution in [0.5, 0.6) is 0 Å². The van der Waals surface area contributed by atoms with Gasteiger partial charge in [0.05, 0.1) is 5.60 Å². The topological polar surface area (TPSA) is 58.3 Å². The average Bonchev–Trinajstić information content (AvgIpc) is 2.72. The van der Waals surface area contributed by atoms with Gasteiger partial charge in [-0.15, -0.1) is 0 Å². The van der Waals surface area contributed by atoms with Crippen LogP contribution in [-0.2, 0) is 0 Å². The van der Waals surface area contributed by atoms with E-state index in [0.717, 1.165) is 36.8 Å². The van der Waals surface area contributed by atoms with Crippen molar-refractivity contribution in [2.45, 2.75) is 44.1 Å². The second-order valence-electron chi connectivity index (χ2n) is 5.48. The molecular formula is C15H20N2O2. The van der Waals surface area contributed by atoms with Crippen LogP contribution >= 0.6 is 0 Å². The van der Waals surface area contributed by atoms with Crippen molar-refractivity contribution in [3.8, 4) is 0 Å². The third kappa shape index (κ3) is 2.89. The largest absolute Gasteiger partial charge is 0.424 e. The van der Waals surface area contributed by atoms with Crippen molar-refractivity contribution >= 4 is 17.1 Å². The molecule has 1 fully saturated rings. The second kappa shape index (κ2) is 5.21. The molecule has 0 spiro atoms. The average molecular weight is 260 g/mol. The third-order valence-corrected chi connectivity index (χ3v) is 3.90. The Hall–Kier alpha value is -1.55. The number of anilines is 1. The SMILES string of the molecule is OC1(CNc2nc3ccccc3o2)CCCCCC1. The van der Waals surface area contributed by atoms with Crippen molar-refractivity contribution < 1.29 is 9.52 Å². The van der Waals surface area contributed by atoms with Gasteiger partial charge < -0.3 is 14.8 Å². The highest BCUT2D eigenvalue weighted by Crippen LogP contribution is 2.27. The number of oxazole rings is 1. The first-order valence-electron chi connectivity index (χ1n) is 7.07. The van der Waals surface area contributed by atoms with Crippen molar-refractivity contribution in [3.05, 3.63) is 24.3 Å². The number of nitrogens with one attached hydrogen (secondary N) is 1. The van der Waals surface area contributed by atoms with Gasteiger partial charge in [0.1, 0.15) is 5.52 Å². The Kier molecular flexibility index (Phi) is 3.42. The number of aromatic nitrogens is 1. The van der Waals surface area contributed by atoms with E-state index >= 15 is 0 Å². The summed E-state index contributed by atoms with van der Waals surface area (Å²) in [6.45, 7) is 0.514. The lowest BCUT2D eigenvalue weighted by Gasteiger charge is -2.26. The highest BCUT2D eigenvalue weighted by molar-refractivity contribution is 5.74. The lowest BCUT2D eigenvalue weighted by Crippen LogP contribution is -2.36. The molecule has 3 rings (SSSR count). The third-order valence-electron chi connectivity index (χ3n) is 3.90. The van der Waals surface area contributed by atoms with E-state index < -0.39 is 5.60 Å². The molecule has 0 unspecified atom stereocenters. The van der Waals surface area contributed by atoms with E-state index in [9.17, 15) is 5.11 Å². The summed E-state index contributed by atoms with van der Waals surface area (Å²) in [4.78, 5) is 4.36. The maximum Gasteiger partial charge on any atom is 0.295 e. The molecule has 1 aliphatic carbocycles. The number of para-hydroxylation sites is 2. The van der Waals surface area contributed by atoms with Crippen LogP contribution in [0.15, 0.2) is 28.7 Å². The Morgan fingerprint density at radius 3 is 2.63 bits per heavy atom. The van der Waals surface area contributed by atoms with Gasteiger partial charge >= 0.3 is 0 Å². The number of rotatable bonds is 3. The molecule has 19 heavy (non-hydrogen) atoms. The van der Waals surface area contributed by atoms with E-state index in [1.54, 1.807) is 0 Å². The van der Waals surface area contributed by atoms with Gasteiger partial charge in [-0.2, -0.15) is 4.98 Å². The van der Waals surface area contributed by atoms with Crippen LogP contribution in [0.1, 0.15) is 38.5 Å². The molecule has 2 N–H and O–H groups in total. The number of benzene rings is 1. The Balaban J connectivity index is 1.67. The molecule has 1 aromatic carbocycles. The monoisotopic (exact) mass is 260 g/mol. The number of fused-ring (bicyclic) bond motifs is 1. The maximum atomic E-state index is 10.6. The van der Waals surface area contributed by atoms with Gasteiger partial charge in [-0.1, -0.05) is 37.8 Å². The molecule has 1 heterocycles. The molecule has 0 radical (unpaired) electrons. The summed E-state index contributed by atoms with van der Waals surface area (Å²) >= 11 is 0. The van der Waals surface area contributed by atoms with E-state index in [1.807, 2.05) is 24.3 Å². The summed E-state index contributed by atoms with van der Waals surface area (Å²) in [5.74, 6) is 0. The smallest absolute Gasteiger partial charge is 0.295 e. The zero-order valence-electron chi connectivity index (χ0n) is 11.1. The predicted octanol–water partition coefficient (Wildman–Crippen LogP) is 3.33. The van der Waals surface area contributed by atoms with Gasteiger partial charge in [0.2, 0.25) is 0 Å². The second-order valence-corrected chi connectivity index (χ2v) is 5.48. The minimum absolute atomic E-state index is 0.499. The number of nitrogens with zero attached hydrogens (tertiary/aromatic N) is 1. The van der Waals surface area contributed by atoms with Gasteiger partial charge in [0.25, 0.3) is 6.01 Å². The van der Waals surface area contributed by atoms with Crippen molar-refractivity contribution in [2.24, 2.45) is 0 Å². The van der Waals surface area contributed by atoms with Gasteiger partial charge in [0, 0.05) is 6.54 Å². The van der Waals surface area contributed by atoms with Crippen LogP contribution in [0.25, 0.3) is 11.1 Å². The number of hydrogen-bond donors (Lipinski definition) is 2. The molecule has 4 nitrogen and oxygen atoms in total. The standard InChI is InChI=1S/C15H20N2O2/c18-15(9-5-1-2-6-10-15)11-16-14-17-12-7-3-4-8-13(12)19-14/h3-4,7-8,18H,1-2,5-6,9-11H2,(H,16,17). The molecule has 1 aromatic heterocycles. The first kappa shape index (κ1) is 12.5. The zero-order chi connectivity index (χ0) is 13.1. The van der Waals surface area contributed by atoms with E-state index in [1.165, 1.54) is 12.8 Å². The minimum atomic E-state index is -0.614. The molecular weight excluding hydrogens is 240 g/mol. The lowest BCUT2D eigenvalue weighted by atomic mass is 9.95. The van der Waals surface area contributed by atoms with Crippen LogP contribution in [0.3, 0.4) is 0 Å². The highest BCUT2D eigenvalue weighted by Gasteiger charge is 2.28. The molecule has 1 aliphatic rings. The van der Waals surface area contributed by atoms with E-state index in [0.29, 0.717) is 12.6 Å². The molecule has 0 amide bonds. The fourth-order valence-corrected chi connectivity index (χ4v) is 2.75. The van der Waals surface area contributed by atoms with Crippen molar-refractivity contribution in [2.75, 3.05) is 11.9 Å². The van der Waals surface area contributed by atoms with Crippen molar-refractivity contribution in [1.29, 1.82) is 0 Å². The zero-order valence-corrected chi connectivity index (χ0v) is 11.1. The first-order valence-corrected chi connectivity index (χ1v) is 7.07. The molecule has 2 aromatic rings. The normalized spacial score (nSPS) is 19.2. The van der Waals surface area contributed by atoms with Crippen molar-refractivity contribution in [3.63, 3.8) is 0 Å². The van der Waals surface area contributed by atoms with Gasteiger partial charge in [-0.25, -0.2) is 0 Å². The Morgan fingerprint density at radius 2 is 1.89 bits per heavy atom. The number of hydrogen-bond acceptors (Lipinski definition) is 4. The fourth-order valence-electron chi connectivity index (χ4n) is 2.75. The molecule has 0 aliphatic heterocycles. The summed E-state index contributed by atoms with van der Waals surface area (Å²) in [7, 11) is 0. The lowest BCUT2D eigenvalue weighted by molar-refractivity contribution is 0.0376. The van der Waals surface area contributed by atoms with Crippen LogP contribution in [0.2, 0.25) is 0 Å². The van der Waals surface area contributed by atoms with E-state index in [2.05, 4.69) is 10.3 Å². The van der Waals surface area contributed by atoms with E-state index in [-0.39, 0.29) is 0 Å². The highest BCUT2D eigenvalue weighted by atomic mass is 16.4. The summed E-state index contributed by atoms with van der Waals surface area (Å²) in [5, 5.41) is 13.7. The minimum Gasteiger partial charge on any atom is -0.424 e. The molecule has 1 saturated carbocycles. The maximum absolute atomic E-state index is 10.6. The van der Waals surface area contributed by atoms with Crippen LogP contribution in [0, 0.1) is 0 Å². The van der Waals surface area contributed by atoms with Gasteiger partial charge in [-0.05, 0) is 25.0 Å². The molecule has 4 heteroatoms. The fraction of sp³-hybridized carbons (Fsp3) is 0.533. The van der Waals surface area contributed by atoms with Crippen LogP contribution in [0.4, 0.5) is 6.01 Å². The molecule has 0 atom stereocenters. The first-order chi connectivity index (χ1) is 9.25. The van der Waals surface area contributed by atoms with Gasteiger partial charge in [-0.3, -0.25) is 0 Å². The Labute approximate surface area is 112 Å². The number of aliphatic hydroxyl groups is 1. The molecule has 0 bridgehead atoms. The summed E-state index contributed by atoms with van der Waals surface area (Å²) in [6, 6.07) is 8.18. The summed E-state index contributed by atoms with van der Waals surface area (Å²) in [5.41, 5.74) is 1.01. The quantitative estimate of drug-likeness (QED) is 0.831. The van der Waals surface area contributed by atoms with Crippen LogP contribution < -0.4 is 5.32 Å². The molecule has 0 saturated heterocycles. The summed E-state index contributed by atoms with van der Waals surface area (Å²) < 4.78 is 5.60. The summed E-state index contributed by atoms with van der Waals surface area (Å²) in [6.07, 6.45) is 6.38. The Morgan fingerprint density at radius 1 is 1.16 bits per heavy atom. The van der Waals surface area contributed by atoms with Crippen molar-refractivity contribution in [1.82, 2.24) is 4.98 Å². The van der Waals surface area contributed by atoms with E-state index in [4.69, 9.17) is 4.42 Å².